The second-order valence-corrected chi connectivity index (χ2v) is 10.1. The average molecular weight is 492 g/mol. The number of esters is 1. The molecular formula is C29H30ClNO4. The Morgan fingerprint density at radius 1 is 0.914 bits per heavy atom. The monoisotopic (exact) mass is 491 g/mol. The van der Waals surface area contributed by atoms with Gasteiger partial charge in [-0.3, -0.25) is 0 Å². The fourth-order valence-electron chi connectivity index (χ4n) is 4.41. The van der Waals surface area contributed by atoms with Gasteiger partial charge < -0.3 is 14.8 Å². The van der Waals surface area contributed by atoms with Crippen molar-refractivity contribution in [1.82, 2.24) is 5.32 Å². The van der Waals surface area contributed by atoms with Crippen LogP contribution in [0.15, 0.2) is 72.8 Å². The highest BCUT2D eigenvalue weighted by Gasteiger charge is 2.31. The Hall–Kier alpha value is -3.31. The SMILES string of the molecule is CC(C)(C)OC(=O)C(CCc1ccccc1Cl)NC(=O)OCC1c2ccccc2-c2ccccc21. The van der Waals surface area contributed by atoms with Crippen molar-refractivity contribution in [3.63, 3.8) is 0 Å². The van der Waals surface area contributed by atoms with Crippen LogP contribution in [0.2, 0.25) is 5.02 Å². The molecule has 0 saturated carbocycles. The Morgan fingerprint density at radius 3 is 2.09 bits per heavy atom. The van der Waals surface area contributed by atoms with E-state index < -0.39 is 23.7 Å². The van der Waals surface area contributed by atoms with Crippen molar-refractivity contribution in [3.8, 4) is 11.1 Å². The van der Waals surface area contributed by atoms with Gasteiger partial charge in [-0.05, 0) is 67.5 Å². The summed E-state index contributed by atoms with van der Waals surface area (Å²) in [6.07, 6.45) is 0.192. The highest BCUT2D eigenvalue weighted by atomic mass is 35.5. The number of alkyl carbamates (subject to hydrolysis) is 1. The molecule has 1 amide bonds. The molecule has 0 radical (unpaired) electrons. The van der Waals surface area contributed by atoms with Crippen molar-refractivity contribution in [2.24, 2.45) is 0 Å². The van der Waals surface area contributed by atoms with Crippen LogP contribution in [0.5, 0.6) is 0 Å². The van der Waals surface area contributed by atoms with Crippen LogP contribution in [0, 0.1) is 0 Å². The van der Waals surface area contributed by atoms with Gasteiger partial charge >= 0.3 is 12.1 Å². The van der Waals surface area contributed by atoms with Crippen LogP contribution < -0.4 is 5.32 Å². The first-order valence-electron chi connectivity index (χ1n) is 11.8. The molecule has 3 aromatic carbocycles. The van der Waals surface area contributed by atoms with Crippen LogP contribution in [0.25, 0.3) is 11.1 Å². The van der Waals surface area contributed by atoms with E-state index in [0.29, 0.717) is 17.9 Å². The molecule has 1 atom stereocenters. The van der Waals surface area contributed by atoms with Crippen molar-refractivity contribution in [2.45, 2.75) is 51.2 Å². The van der Waals surface area contributed by atoms with Gasteiger partial charge in [0.05, 0.1) is 0 Å². The van der Waals surface area contributed by atoms with E-state index in [2.05, 4.69) is 29.6 Å². The topological polar surface area (TPSA) is 64.6 Å². The Morgan fingerprint density at radius 2 is 1.49 bits per heavy atom. The third kappa shape index (κ3) is 6.04. The molecule has 5 nitrogen and oxygen atoms in total. The number of halogens is 1. The molecule has 35 heavy (non-hydrogen) atoms. The van der Waals surface area contributed by atoms with Crippen LogP contribution in [0.1, 0.15) is 49.8 Å². The molecule has 0 saturated heterocycles. The number of amides is 1. The number of carbonyl (C=O) groups is 2. The standard InChI is InChI=1S/C29H30ClNO4/c1-29(2,3)35-27(32)26(17-16-19-10-4-9-15-25(19)30)31-28(33)34-18-24-22-13-7-5-11-20(22)21-12-6-8-14-23(21)24/h4-15,24,26H,16-18H2,1-3H3,(H,31,33). The summed E-state index contributed by atoms with van der Waals surface area (Å²) in [5.74, 6) is -0.561. The molecule has 6 heteroatoms. The number of ether oxygens (including phenoxy) is 2. The molecule has 1 aliphatic rings. The smallest absolute Gasteiger partial charge is 0.407 e. The fraction of sp³-hybridized carbons (Fsp3) is 0.310. The molecule has 0 aromatic heterocycles. The quantitative estimate of drug-likeness (QED) is 0.382. The van der Waals surface area contributed by atoms with E-state index in [1.807, 2.05) is 42.5 Å². The third-order valence-electron chi connectivity index (χ3n) is 5.99. The molecule has 0 spiro atoms. The summed E-state index contributed by atoms with van der Waals surface area (Å²) in [5, 5.41) is 3.34. The second-order valence-electron chi connectivity index (χ2n) is 9.69. The highest BCUT2D eigenvalue weighted by molar-refractivity contribution is 6.31. The molecule has 0 bridgehead atoms. The van der Waals surface area contributed by atoms with Crippen molar-refractivity contribution in [3.05, 3.63) is 94.5 Å². The molecular weight excluding hydrogens is 462 g/mol. The van der Waals surface area contributed by atoms with Crippen LogP contribution >= 0.6 is 11.6 Å². The van der Waals surface area contributed by atoms with Crippen molar-refractivity contribution < 1.29 is 19.1 Å². The number of hydrogen-bond donors (Lipinski definition) is 1. The minimum atomic E-state index is -0.860. The van der Waals surface area contributed by atoms with Gasteiger partial charge in [-0.15, -0.1) is 0 Å². The largest absolute Gasteiger partial charge is 0.458 e. The Kier molecular flexibility index (Phi) is 7.46. The molecule has 0 aliphatic heterocycles. The van der Waals surface area contributed by atoms with Gasteiger partial charge in [0.15, 0.2) is 0 Å². The second kappa shape index (κ2) is 10.5. The Labute approximate surface area is 211 Å². The molecule has 3 aromatic rings. The van der Waals surface area contributed by atoms with Gasteiger partial charge in [-0.1, -0.05) is 78.3 Å². The first kappa shape index (κ1) is 24.8. The van der Waals surface area contributed by atoms with Gasteiger partial charge in [0.1, 0.15) is 18.2 Å². The predicted octanol–water partition coefficient (Wildman–Crippen LogP) is 6.52. The zero-order valence-electron chi connectivity index (χ0n) is 20.2. The summed E-state index contributed by atoms with van der Waals surface area (Å²) in [4.78, 5) is 25.7. The maximum Gasteiger partial charge on any atom is 0.407 e. The molecule has 1 unspecified atom stereocenters. The zero-order valence-corrected chi connectivity index (χ0v) is 21.0. The summed E-state index contributed by atoms with van der Waals surface area (Å²) in [6, 6.07) is 22.9. The average Bonchev–Trinajstić information content (AvgIpc) is 3.14. The lowest BCUT2D eigenvalue weighted by atomic mass is 9.98. The van der Waals surface area contributed by atoms with E-state index in [0.717, 1.165) is 27.8 Å². The number of fused-ring (bicyclic) bond motifs is 3. The molecule has 0 heterocycles. The van der Waals surface area contributed by atoms with E-state index >= 15 is 0 Å². The fourth-order valence-corrected chi connectivity index (χ4v) is 4.64. The van der Waals surface area contributed by atoms with Crippen molar-refractivity contribution in [1.29, 1.82) is 0 Å². The summed E-state index contributed by atoms with van der Waals surface area (Å²) in [7, 11) is 0. The number of carbonyl (C=O) groups excluding carboxylic acids is 2. The van der Waals surface area contributed by atoms with Gasteiger partial charge in [0.25, 0.3) is 0 Å². The summed E-state index contributed by atoms with van der Waals surface area (Å²) >= 11 is 6.28. The maximum absolute atomic E-state index is 12.9. The van der Waals surface area contributed by atoms with Crippen LogP contribution in [0.3, 0.4) is 0 Å². The van der Waals surface area contributed by atoms with Crippen LogP contribution in [0.4, 0.5) is 4.79 Å². The third-order valence-corrected chi connectivity index (χ3v) is 6.36. The number of aryl methyl sites for hydroxylation is 1. The highest BCUT2D eigenvalue weighted by Crippen LogP contribution is 2.44. The van der Waals surface area contributed by atoms with Crippen LogP contribution in [-0.2, 0) is 20.7 Å². The van der Waals surface area contributed by atoms with E-state index in [-0.39, 0.29) is 12.5 Å². The number of nitrogens with one attached hydrogen (secondary N) is 1. The summed E-state index contributed by atoms with van der Waals surface area (Å²) in [5.41, 5.74) is 4.79. The maximum atomic E-state index is 12.9. The minimum Gasteiger partial charge on any atom is -0.458 e. The molecule has 1 aliphatic carbocycles. The van der Waals surface area contributed by atoms with Crippen molar-refractivity contribution >= 4 is 23.7 Å². The zero-order chi connectivity index (χ0) is 25.0. The minimum absolute atomic E-state index is 0.0590. The Bertz CT molecular complexity index is 1170. The summed E-state index contributed by atoms with van der Waals surface area (Å²) in [6.45, 7) is 5.56. The van der Waals surface area contributed by atoms with Crippen LogP contribution in [-0.4, -0.2) is 30.3 Å². The van der Waals surface area contributed by atoms with Gasteiger partial charge in [0.2, 0.25) is 0 Å². The molecule has 4 rings (SSSR count). The first-order valence-corrected chi connectivity index (χ1v) is 12.2. The number of rotatable bonds is 7. The molecule has 182 valence electrons. The van der Waals surface area contributed by atoms with E-state index in [4.69, 9.17) is 21.1 Å². The lowest BCUT2D eigenvalue weighted by molar-refractivity contribution is -0.157. The molecule has 1 N–H and O–H groups in total. The molecule has 0 fully saturated rings. The number of benzene rings is 3. The van der Waals surface area contributed by atoms with E-state index in [9.17, 15) is 9.59 Å². The van der Waals surface area contributed by atoms with E-state index in [1.54, 1.807) is 26.8 Å². The van der Waals surface area contributed by atoms with E-state index in [1.165, 1.54) is 0 Å². The number of hydrogen-bond acceptors (Lipinski definition) is 4. The lowest BCUT2D eigenvalue weighted by Crippen LogP contribution is -2.45. The normalized spacial score (nSPS) is 13.5. The summed E-state index contributed by atoms with van der Waals surface area (Å²) < 4.78 is 11.2. The predicted molar refractivity (Wildman–Crippen MR) is 138 cm³/mol. The first-order chi connectivity index (χ1) is 16.7. The Balaban J connectivity index is 1.44. The van der Waals surface area contributed by atoms with Gasteiger partial charge in [0, 0.05) is 10.9 Å². The van der Waals surface area contributed by atoms with Gasteiger partial charge in [-0.2, -0.15) is 0 Å². The van der Waals surface area contributed by atoms with Gasteiger partial charge in [-0.25, -0.2) is 9.59 Å². The van der Waals surface area contributed by atoms with Crippen molar-refractivity contribution in [2.75, 3.05) is 6.61 Å². The lowest BCUT2D eigenvalue weighted by Gasteiger charge is -2.25.